The lowest BCUT2D eigenvalue weighted by molar-refractivity contribution is 0.0698. The number of hydrogen-bond acceptors (Lipinski definition) is 4. The summed E-state index contributed by atoms with van der Waals surface area (Å²) in [5.74, 6) is -1.63. The van der Waals surface area contributed by atoms with E-state index in [1.54, 1.807) is 54.6 Å². The highest BCUT2D eigenvalue weighted by Crippen LogP contribution is 2.29. The highest BCUT2D eigenvalue weighted by atomic mass is 16.4. The Morgan fingerprint density at radius 1 is 0.655 bits per heavy atom. The summed E-state index contributed by atoms with van der Waals surface area (Å²) in [5, 5.41) is 11.5. The molecule has 0 aliphatic heterocycles. The lowest BCUT2D eigenvalue weighted by atomic mass is 9.89. The summed E-state index contributed by atoms with van der Waals surface area (Å²) in [7, 11) is 0. The summed E-state index contributed by atoms with van der Waals surface area (Å²) in [6.45, 7) is 0. The van der Waals surface area contributed by atoms with Gasteiger partial charge in [0, 0.05) is 33.0 Å². The molecule has 0 aliphatic rings. The third kappa shape index (κ3) is 2.89. The fraction of sp³-hybridized carbons (Fsp3) is 0. The zero-order valence-corrected chi connectivity index (χ0v) is 15.1. The fourth-order valence-electron chi connectivity index (χ4n) is 3.71. The molecule has 0 heterocycles. The van der Waals surface area contributed by atoms with Crippen molar-refractivity contribution in [3.05, 3.63) is 94.5 Å². The maximum Gasteiger partial charge on any atom is 0.336 e. The van der Waals surface area contributed by atoms with Crippen LogP contribution in [0.2, 0.25) is 0 Å². The average Bonchev–Trinajstić information content (AvgIpc) is 2.76. The quantitative estimate of drug-likeness (QED) is 0.404. The van der Waals surface area contributed by atoms with E-state index in [1.165, 1.54) is 12.1 Å². The van der Waals surface area contributed by atoms with Crippen LogP contribution in [-0.4, -0.2) is 29.4 Å². The third-order valence-electron chi connectivity index (χ3n) is 4.99. The van der Waals surface area contributed by atoms with Gasteiger partial charge in [0.05, 0.1) is 5.56 Å². The Bertz CT molecular complexity index is 1330. The zero-order valence-electron chi connectivity index (χ0n) is 15.1. The van der Waals surface area contributed by atoms with Crippen LogP contribution in [0, 0.1) is 0 Å². The summed E-state index contributed by atoms with van der Waals surface area (Å²) in [6, 6.07) is 18.0. The van der Waals surface area contributed by atoms with Gasteiger partial charge < -0.3 is 5.11 Å². The van der Waals surface area contributed by atoms with E-state index in [4.69, 9.17) is 0 Å². The van der Waals surface area contributed by atoms with Crippen molar-refractivity contribution in [3.8, 4) is 0 Å². The topological polar surface area (TPSA) is 88.5 Å². The highest BCUT2D eigenvalue weighted by molar-refractivity contribution is 6.24. The van der Waals surface area contributed by atoms with Crippen LogP contribution in [0.15, 0.2) is 66.7 Å². The van der Waals surface area contributed by atoms with E-state index in [-0.39, 0.29) is 27.6 Å². The summed E-state index contributed by atoms with van der Waals surface area (Å²) < 4.78 is 0. The van der Waals surface area contributed by atoms with Gasteiger partial charge in [-0.2, -0.15) is 0 Å². The van der Waals surface area contributed by atoms with Crippen LogP contribution in [0.4, 0.5) is 0 Å². The largest absolute Gasteiger partial charge is 0.478 e. The summed E-state index contributed by atoms with van der Waals surface area (Å²) in [5.41, 5.74) is 0.706. The van der Waals surface area contributed by atoms with Crippen molar-refractivity contribution >= 4 is 45.9 Å². The first-order valence-corrected chi connectivity index (χ1v) is 8.82. The van der Waals surface area contributed by atoms with Gasteiger partial charge in [0.2, 0.25) is 0 Å². The maximum absolute atomic E-state index is 13.4. The van der Waals surface area contributed by atoms with Gasteiger partial charge in [-0.3, -0.25) is 14.4 Å². The number of carbonyl (C=O) groups is 4. The number of aromatic carboxylic acids is 1. The minimum atomic E-state index is -1.18. The number of aldehydes is 2. The number of carboxylic acids is 1. The number of carboxylic acid groups (broad SMARTS) is 1. The van der Waals surface area contributed by atoms with Gasteiger partial charge in [-0.05, 0) is 22.9 Å². The Morgan fingerprint density at radius 3 is 1.90 bits per heavy atom. The Morgan fingerprint density at radius 2 is 1.28 bits per heavy atom. The Labute approximate surface area is 165 Å². The average molecular weight is 382 g/mol. The third-order valence-corrected chi connectivity index (χ3v) is 4.99. The van der Waals surface area contributed by atoms with Gasteiger partial charge in [-0.25, -0.2) is 4.79 Å². The van der Waals surface area contributed by atoms with Crippen LogP contribution in [-0.2, 0) is 0 Å². The number of carbonyl (C=O) groups excluding carboxylic acids is 3. The molecular weight excluding hydrogens is 368 g/mol. The minimum Gasteiger partial charge on any atom is -0.478 e. The van der Waals surface area contributed by atoms with E-state index in [9.17, 15) is 24.3 Å². The Hall–Kier alpha value is -4.12. The number of benzene rings is 4. The van der Waals surface area contributed by atoms with Gasteiger partial charge in [0.25, 0.3) is 0 Å². The molecule has 5 heteroatoms. The predicted octanol–water partition coefficient (Wildman–Crippen LogP) is 4.55. The molecule has 0 aliphatic carbocycles. The first-order valence-electron chi connectivity index (χ1n) is 8.82. The van der Waals surface area contributed by atoms with Crippen molar-refractivity contribution < 1.29 is 24.3 Å². The van der Waals surface area contributed by atoms with Gasteiger partial charge >= 0.3 is 5.97 Å². The molecule has 4 rings (SSSR count). The minimum absolute atomic E-state index is 0.0195. The van der Waals surface area contributed by atoms with Gasteiger partial charge in [-0.1, -0.05) is 54.6 Å². The molecule has 4 aromatic rings. The number of rotatable bonds is 5. The SMILES string of the molecule is O=Cc1cccc2cccc(C(=O)c3ccc4cccc(C(=O)O)c4c3C=O)c12. The highest BCUT2D eigenvalue weighted by Gasteiger charge is 2.21. The molecule has 0 radical (unpaired) electrons. The molecule has 29 heavy (non-hydrogen) atoms. The summed E-state index contributed by atoms with van der Waals surface area (Å²) in [6.07, 6.45) is 1.19. The van der Waals surface area contributed by atoms with E-state index in [0.717, 1.165) is 5.39 Å². The lowest BCUT2D eigenvalue weighted by Gasteiger charge is -2.12. The monoisotopic (exact) mass is 382 g/mol. The molecule has 140 valence electrons. The van der Waals surface area contributed by atoms with Crippen LogP contribution in [0.25, 0.3) is 21.5 Å². The zero-order chi connectivity index (χ0) is 20.5. The summed E-state index contributed by atoms with van der Waals surface area (Å²) in [4.78, 5) is 48.5. The molecule has 0 fully saturated rings. The summed E-state index contributed by atoms with van der Waals surface area (Å²) >= 11 is 0. The van der Waals surface area contributed by atoms with Crippen LogP contribution in [0.1, 0.15) is 47.0 Å². The number of hydrogen-bond donors (Lipinski definition) is 1. The van der Waals surface area contributed by atoms with E-state index in [0.29, 0.717) is 28.9 Å². The Balaban J connectivity index is 2.04. The van der Waals surface area contributed by atoms with Gasteiger partial charge in [-0.15, -0.1) is 0 Å². The molecule has 0 aromatic heterocycles. The van der Waals surface area contributed by atoms with Gasteiger partial charge in [0.1, 0.15) is 0 Å². The molecule has 0 atom stereocenters. The second kappa shape index (κ2) is 7.13. The van der Waals surface area contributed by atoms with E-state index >= 15 is 0 Å². The van der Waals surface area contributed by atoms with E-state index in [2.05, 4.69) is 0 Å². The molecule has 0 bridgehead atoms. The van der Waals surface area contributed by atoms with Crippen LogP contribution < -0.4 is 0 Å². The molecule has 0 saturated carbocycles. The maximum atomic E-state index is 13.4. The smallest absolute Gasteiger partial charge is 0.336 e. The predicted molar refractivity (Wildman–Crippen MR) is 109 cm³/mol. The van der Waals surface area contributed by atoms with Crippen molar-refractivity contribution in [2.75, 3.05) is 0 Å². The number of fused-ring (bicyclic) bond motifs is 2. The normalized spacial score (nSPS) is 10.8. The molecule has 4 aromatic carbocycles. The lowest BCUT2D eigenvalue weighted by Crippen LogP contribution is -2.09. The van der Waals surface area contributed by atoms with Crippen molar-refractivity contribution in [2.45, 2.75) is 0 Å². The number of ketones is 1. The van der Waals surface area contributed by atoms with Crippen molar-refractivity contribution in [1.29, 1.82) is 0 Å². The standard InChI is InChI=1S/C24H14O5/c25-12-16-7-1-4-14-5-2-8-18(21(14)16)23(27)17-11-10-15-6-3-9-19(24(28)29)22(15)20(17)13-26/h1-13H,(H,28,29). The van der Waals surface area contributed by atoms with Crippen LogP contribution in [0.5, 0.6) is 0 Å². The fourth-order valence-corrected chi connectivity index (χ4v) is 3.71. The Kier molecular flexibility index (Phi) is 4.49. The molecule has 1 N–H and O–H groups in total. The second-order valence-electron chi connectivity index (χ2n) is 6.55. The van der Waals surface area contributed by atoms with Crippen molar-refractivity contribution in [1.82, 2.24) is 0 Å². The first-order chi connectivity index (χ1) is 14.1. The van der Waals surface area contributed by atoms with Gasteiger partial charge in [0.15, 0.2) is 18.4 Å². The van der Waals surface area contributed by atoms with Crippen LogP contribution >= 0.6 is 0 Å². The van der Waals surface area contributed by atoms with Crippen molar-refractivity contribution in [3.63, 3.8) is 0 Å². The molecule has 0 unspecified atom stereocenters. The molecule has 0 saturated heterocycles. The second-order valence-corrected chi connectivity index (χ2v) is 6.55. The van der Waals surface area contributed by atoms with E-state index < -0.39 is 11.8 Å². The molecule has 0 amide bonds. The van der Waals surface area contributed by atoms with Crippen LogP contribution in [0.3, 0.4) is 0 Å². The molecule has 5 nitrogen and oxygen atoms in total. The first kappa shape index (κ1) is 18.3. The van der Waals surface area contributed by atoms with Crippen molar-refractivity contribution in [2.24, 2.45) is 0 Å². The molecular formula is C24H14O5. The molecule has 0 spiro atoms. The van der Waals surface area contributed by atoms with E-state index in [1.807, 2.05) is 0 Å².